The number of carbonyl (C=O) groups is 2. The Labute approximate surface area is 167 Å². The number of rotatable bonds is 5. The molecule has 7 nitrogen and oxygen atoms in total. The first-order valence-corrected chi connectivity index (χ1v) is 10.5. The zero-order valence-corrected chi connectivity index (χ0v) is 17.3. The molecule has 2 heterocycles. The molecule has 3 amide bonds. The number of anilines is 1. The van der Waals surface area contributed by atoms with Gasteiger partial charge in [-0.1, -0.05) is 26.7 Å². The molecule has 1 aliphatic carbocycles. The van der Waals surface area contributed by atoms with Gasteiger partial charge in [0, 0.05) is 44.8 Å². The van der Waals surface area contributed by atoms with Crippen LogP contribution in [0.4, 0.5) is 10.6 Å². The Hall–Kier alpha value is -2.31. The summed E-state index contributed by atoms with van der Waals surface area (Å²) in [6.45, 7) is 6.31. The van der Waals surface area contributed by atoms with Crippen LogP contribution < -0.4 is 16.0 Å². The maximum atomic E-state index is 12.6. The highest BCUT2D eigenvalue weighted by atomic mass is 16.2. The van der Waals surface area contributed by atoms with E-state index in [1.165, 1.54) is 12.8 Å². The topological polar surface area (TPSA) is 86.4 Å². The normalized spacial score (nSPS) is 17.2. The summed E-state index contributed by atoms with van der Waals surface area (Å²) in [5.41, 5.74) is 2.62. The van der Waals surface area contributed by atoms with Crippen molar-refractivity contribution in [2.75, 3.05) is 32.0 Å². The van der Waals surface area contributed by atoms with Crippen LogP contribution in [-0.4, -0.2) is 54.5 Å². The smallest absolute Gasteiger partial charge is 0.317 e. The molecule has 0 unspecified atom stereocenters. The maximum Gasteiger partial charge on any atom is 0.317 e. The fourth-order valence-corrected chi connectivity index (χ4v) is 3.92. The third kappa shape index (κ3) is 4.94. The summed E-state index contributed by atoms with van der Waals surface area (Å²) >= 11 is 0. The van der Waals surface area contributed by atoms with Crippen molar-refractivity contribution < 1.29 is 9.59 Å². The molecular weight excluding hydrogens is 354 g/mol. The lowest BCUT2D eigenvalue weighted by atomic mass is 10.0. The van der Waals surface area contributed by atoms with Crippen LogP contribution in [0.25, 0.3) is 0 Å². The summed E-state index contributed by atoms with van der Waals surface area (Å²) in [5, 5.41) is 9.20. The number of nitrogens with one attached hydrogen (secondary N) is 3. The Balaban J connectivity index is 1.74. The highest BCUT2D eigenvalue weighted by Crippen LogP contribution is 2.23. The Kier molecular flexibility index (Phi) is 6.75. The Bertz CT molecular complexity index is 713. The van der Waals surface area contributed by atoms with E-state index in [-0.39, 0.29) is 11.9 Å². The first-order chi connectivity index (χ1) is 13.5. The number of nitrogens with zero attached hydrogens (tertiary/aromatic N) is 2. The summed E-state index contributed by atoms with van der Waals surface area (Å²) in [4.78, 5) is 31.7. The summed E-state index contributed by atoms with van der Waals surface area (Å²) in [6.07, 6.45) is 6.00. The monoisotopic (exact) mass is 387 g/mol. The quantitative estimate of drug-likeness (QED) is 0.725. The summed E-state index contributed by atoms with van der Waals surface area (Å²) in [6, 6.07) is 2.30. The van der Waals surface area contributed by atoms with E-state index in [0.717, 1.165) is 37.1 Å². The van der Waals surface area contributed by atoms with E-state index >= 15 is 0 Å². The van der Waals surface area contributed by atoms with Crippen molar-refractivity contribution in [1.82, 2.24) is 20.5 Å². The number of urea groups is 1. The van der Waals surface area contributed by atoms with E-state index in [4.69, 9.17) is 4.98 Å². The first-order valence-electron chi connectivity index (χ1n) is 10.5. The van der Waals surface area contributed by atoms with Crippen LogP contribution in [0.1, 0.15) is 61.1 Å². The Morgan fingerprint density at radius 2 is 1.93 bits per heavy atom. The third-order valence-electron chi connectivity index (χ3n) is 5.58. The standard InChI is InChI=1S/C21H33N5O2/c1-14(2)13-23-19-17(20(27)22-3)12-15-8-10-26(11-9-18(15)25-19)21(28)24-16-6-4-5-7-16/h12,14,16H,4-11,13H2,1-3H3,(H,22,27)(H,23,25)(H,24,28). The summed E-state index contributed by atoms with van der Waals surface area (Å²) < 4.78 is 0. The third-order valence-corrected chi connectivity index (χ3v) is 5.58. The van der Waals surface area contributed by atoms with Crippen molar-refractivity contribution in [2.45, 2.75) is 58.4 Å². The van der Waals surface area contributed by atoms with Gasteiger partial charge in [0.05, 0.1) is 5.56 Å². The van der Waals surface area contributed by atoms with Crippen LogP contribution >= 0.6 is 0 Å². The van der Waals surface area contributed by atoms with E-state index in [1.54, 1.807) is 7.05 Å². The van der Waals surface area contributed by atoms with Crippen LogP contribution in [0.15, 0.2) is 6.07 Å². The van der Waals surface area contributed by atoms with E-state index in [1.807, 2.05) is 11.0 Å². The zero-order valence-electron chi connectivity index (χ0n) is 17.3. The average molecular weight is 388 g/mol. The molecule has 0 radical (unpaired) electrons. The second kappa shape index (κ2) is 9.26. The SMILES string of the molecule is CNC(=O)c1cc2c(nc1NCC(C)C)CCN(C(=O)NC1CCCC1)CC2. The minimum absolute atomic E-state index is 0.0318. The predicted molar refractivity (Wildman–Crippen MR) is 111 cm³/mol. The predicted octanol–water partition coefficient (Wildman–Crippen LogP) is 2.56. The van der Waals surface area contributed by atoms with Gasteiger partial charge in [0.15, 0.2) is 0 Å². The largest absolute Gasteiger partial charge is 0.369 e. The van der Waals surface area contributed by atoms with Crippen molar-refractivity contribution in [3.8, 4) is 0 Å². The Morgan fingerprint density at radius 3 is 2.61 bits per heavy atom. The second-order valence-electron chi connectivity index (χ2n) is 8.26. The molecule has 1 aromatic heterocycles. The molecule has 0 atom stereocenters. The molecule has 0 aromatic carbocycles. The van der Waals surface area contributed by atoms with Crippen molar-refractivity contribution in [2.24, 2.45) is 5.92 Å². The van der Waals surface area contributed by atoms with Gasteiger partial charge >= 0.3 is 6.03 Å². The van der Waals surface area contributed by atoms with Crippen LogP contribution in [-0.2, 0) is 12.8 Å². The van der Waals surface area contributed by atoms with Crippen LogP contribution in [0, 0.1) is 5.92 Å². The van der Waals surface area contributed by atoms with Gasteiger partial charge in [0.2, 0.25) is 0 Å². The molecule has 1 aromatic rings. The lowest BCUT2D eigenvalue weighted by Crippen LogP contribution is -2.45. The second-order valence-corrected chi connectivity index (χ2v) is 8.26. The van der Waals surface area contributed by atoms with Gasteiger partial charge in [-0.3, -0.25) is 4.79 Å². The number of carbonyl (C=O) groups excluding carboxylic acids is 2. The molecule has 0 bridgehead atoms. The number of hydrogen-bond donors (Lipinski definition) is 3. The molecule has 28 heavy (non-hydrogen) atoms. The highest BCUT2D eigenvalue weighted by Gasteiger charge is 2.25. The van der Waals surface area contributed by atoms with E-state index in [2.05, 4.69) is 29.8 Å². The van der Waals surface area contributed by atoms with Gasteiger partial charge in [0.25, 0.3) is 5.91 Å². The molecule has 2 aliphatic rings. The van der Waals surface area contributed by atoms with Gasteiger partial charge in [0.1, 0.15) is 5.82 Å². The number of fused-ring (bicyclic) bond motifs is 1. The minimum atomic E-state index is -0.137. The molecule has 3 rings (SSSR count). The molecule has 1 fully saturated rings. The lowest BCUT2D eigenvalue weighted by Gasteiger charge is -2.23. The van der Waals surface area contributed by atoms with Crippen molar-refractivity contribution in [3.05, 3.63) is 22.9 Å². The molecule has 0 saturated heterocycles. The van der Waals surface area contributed by atoms with Crippen LogP contribution in [0.3, 0.4) is 0 Å². The van der Waals surface area contributed by atoms with Gasteiger partial charge in [-0.25, -0.2) is 9.78 Å². The highest BCUT2D eigenvalue weighted by molar-refractivity contribution is 5.98. The molecule has 3 N–H and O–H groups in total. The molecule has 1 saturated carbocycles. The number of hydrogen-bond acceptors (Lipinski definition) is 4. The lowest BCUT2D eigenvalue weighted by molar-refractivity contribution is 0.0963. The molecular formula is C21H33N5O2. The molecule has 7 heteroatoms. The zero-order chi connectivity index (χ0) is 20.1. The van der Waals surface area contributed by atoms with Crippen LogP contribution in [0.2, 0.25) is 0 Å². The average Bonchev–Trinajstić information content (AvgIpc) is 3.09. The molecule has 154 valence electrons. The summed E-state index contributed by atoms with van der Waals surface area (Å²) in [5.74, 6) is 0.949. The first kappa shape index (κ1) is 20.4. The fraction of sp³-hybridized carbons (Fsp3) is 0.667. The van der Waals surface area contributed by atoms with Gasteiger partial charge in [-0.15, -0.1) is 0 Å². The van der Waals surface area contributed by atoms with E-state index in [0.29, 0.717) is 42.9 Å². The van der Waals surface area contributed by atoms with Crippen molar-refractivity contribution >= 4 is 17.8 Å². The fourth-order valence-electron chi connectivity index (χ4n) is 3.92. The molecule has 0 spiro atoms. The van der Waals surface area contributed by atoms with E-state index < -0.39 is 0 Å². The minimum Gasteiger partial charge on any atom is -0.369 e. The number of pyridine rings is 1. The van der Waals surface area contributed by atoms with Crippen molar-refractivity contribution in [3.63, 3.8) is 0 Å². The van der Waals surface area contributed by atoms with Gasteiger partial charge in [-0.2, -0.15) is 0 Å². The Morgan fingerprint density at radius 1 is 1.21 bits per heavy atom. The molecule has 1 aliphatic heterocycles. The van der Waals surface area contributed by atoms with Crippen molar-refractivity contribution in [1.29, 1.82) is 0 Å². The summed E-state index contributed by atoms with van der Waals surface area (Å²) in [7, 11) is 1.63. The number of aromatic nitrogens is 1. The maximum absolute atomic E-state index is 12.6. The van der Waals surface area contributed by atoms with Gasteiger partial charge < -0.3 is 20.9 Å². The van der Waals surface area contributed by atoms with Crippen LogP contribution in [0.5, 0.6) is 0 Å². The van der Waals surface area contributed by atoms with E-state index in [9.17, 15) is 9.59 Å². The number of amides is 3. The van der Waals surface area contributed by atoms with Gasteiger partial charge in [-0.05, 0) is 36.8 Å².